The van der Waals surface area contributed by atoms with Crippen molar-refractivity contribution in [3.05, 3.63) is 59.7 Å². The van der Waals surface area contributed by atoms with Gasteiger partial charge in [0.2, 0.25) is 5.91 Å². The molecule has 40 heavy (non-hydrogen) atoms. The summed E-state index contributed by atoms with van der Waals surface area (Å²) in [6, 6.07) is 16.0. The fraction of sp³-hybridized carbons (Fsp3) is 0.531. The van der Waals surface area contributed by atoms with Gasteiger partial charge in [-0.05, 0) is 61.8 Å². The van der Waals surface area contributed by atoms with Crippen molar-refractivity contribution in [2.45, 2.75) is 71.8 Å². The maximum Gasteiger partial charge on any atom is 0.321 e. The number of nitrogens with one attached hydrogen (secondary N) is 1. The van der Waals surface area contributed by atoms with Gasteiger partial charge in [0.15, 0.2) is 0 Å². The van der Waals surface area contributed by atoms with Crippen LogP contribution in [0.5, 0.6) is 0 Å². The van der Waals surface area contributed by atoms with Crippen LogP contribution in [0.1, 0.15) is 77.3 Å². The van der Waals surface area contributed by atoms with Gasteiger partial charge in [-0.3, -0.25) is 9.59 Å². The number of nitrogens with zero attached hydrogens (tertiary/aromatic N) is 4. The topological polar surface area (TPSA) is 76.2 Å². The number of benzene rings is 2. The van der Waals surface area contributed by atoms with E-state index in [-0.39, 0.29) is 36.2 Å². The third kappa shape index (κ3) is 5.67. The Labute approximate surface area is 239 Å². The highest BCUT2D eigenvalue weighted by molar-refractivity contribution is 5.97. The molecule has 2 aliphatic rings. The van der Waals surface area contributed by atoms with Crippen molar-refractivity contribution in [1.82, 2.24) is 14.7 Å². The number of urea groups is 1. The van der Waals surface area contributed by atoms with Gasteiger partial charge in [-0.15, -0.1) is 0 Å². The Bertz CT molecular complexity index is 1170. The maximum absolute atomic E-state index is 14.0. The molecule has 8 heteroatoms. The molecule has 2 aromatic carbocycles. The second kappa shape index (κ2) is 12.3. The summed E-state index contributed by atoms with van der Waals surface area (Å²) in [7, 11) is 0. The van der Waals surface area contributed by atoms with Gasteiger partial charge >= 0.3 is 6.03 Å². The van der Waals surface area contributed by atoms with Gasteiger partial charge in [0.1, 0.15) is 12.1 Å². The van der Waals surface area contributed by atoms with Crippen LogP contribution < -0.4 is 10.2 Å². The van der Waals surface area contributed by atoms with E-state index >= 15 is 0 Å². The molecule has 1 spiro atoms. The van der Waals surface area contributed by atoms with E-state index in [0.29, 0.717) is 45.7 Å². The summed E-state index contributed by atoms with van der Waals surface area (Å²) in [5.41, 5.74) is 3.34. The monoisotopic (exact) mass is 547 g/mol. The molecule has 8 nitrogen and oxygen atoms in total. The van der Waals surface area contributed by atoms with E-state index in [9.17, 15) is 14.4 Å². The summed E-state index contributed by atoms with van der Waals surface area (Å²) in [5.74, 6) is 0.493. The highest BCUT2D eigenvalue weighted by Crippen LogP contribution is 2.40. The molecule has 2 aromatic rings. The molecule has 2 heterocycles. The lowest BCUT2D eigenvalue weighted by atomic mass is 9.85. The number of hydrogen-bond donors (Lipinski definition) is 1. The van der Waals surface area contributed by atoms with Crippen molar-refractivity contribution in [3.8, 4) is 0 Å². The predicted molar refractivity (Wildman–Crippen MR) is 161 cm³/mol. The lowest BCUT2D eigenvalue weighted by molar-refractivity contribution is -0.140. The normalized spacial score (nSPS) is 16.8. The fourth-order valence-corrected chi connectivity index (χ4v) is 6.12. The van der Waals surface area contributed by atoms with E-state index in [2.05, 4.69) is 56.1 Å². The zero-order chi connectivity index (χ0) is 29.0. The van der Waals surface area contributed by atoms with Crippen LogP contribution in [0, 0.1) is 0 Å². The van der Waals surface area contributed by atoms with Crippen molar-refractivity contribution in [2.24, 2.45) is 0 Å². The fourth-order valence-electron chi connectivity index (χ4n) is 6.12. The van der Waals surface area contributed by atoms with Crippen LogP contribution >= 0.6 is 0 Å². The summed E-state index contributed by atoms with van der Waals surface area (Å²) < 4.78 is 0. The van der Waals surface area contributed by atoms with Crippen LogP contribution in [-0.4, -0.2) is 77.5 Å². The van der Waals surface area contributed by atoms with Gasteiger partial charge in [-0.2, -0.15) is 0 Å². The number of para-hydroxylation sites is 2. The Kier molecular flexibility index (Phi) is 9.06. The molecule has 0 bridgehead atoms. The molecule has 2 fully saturated rings. The van der Waals surface area contributed by atoms with Crippen LogP contribution in [0.3, 0.4) is 0 Å². The van der Waals surface area contributed by atoms with Crippen LogP contribution in [0.15, 0.2) is 48.5 Å². The van der Waals surface area contributed by atoms with Gasteiger partial charge < -0.3 is 24.9 Å². The third-order valence-corrected chi connectivity index (χ3v) is 8.51. The minimum atomic E-state index is -0.777. The zero-order valence-electron chi connectivity index (χ0n) is 24.9. The van der Waals surface area contributed by atoms with Crippen molar-refractivity contribution in [3.63, 3.8) is 0 Å². The van der Waals surface area contributed by atoms with Crippen LogP contribution in [0.2, 0.25) is 0 Å². The number of anilines is 2. The largest absolute Gasteiger partial charge is 0.342 e. The van der Waals surface area contributed by atoms with Gasteiger partial charge in [-0.1, -0.05) is 64.1 Å². The molecule has 0 radical (unpaired) electrons. The summed E-state index contributed by atoms with van der Waals surface area (Å²) in [4.78, 5) is 47.9. The van der Waals surface area contributed by atoms with E-state index in [1.165, 1.54) is 0 Å². The number of carbonyl (C=O) groups excluding carboxylic acids is 3. The molecule has 2 saturated heterocycles. The van der Waals surface area contributed by atoms with Crippen molar-refractivity contribution < 1.29 is 14.4 Å². The van der Waals surface area contributed by atoms with Crippen molar-refractivity contribution in [2.75, 3.05) is 49.6 Å². The minimum absolute atomic E-state index is 0.0239. The second-order valence-corrected chi connectivity index (χ2v) is 11.5. The molecular formula is C32H45N5O3. The lowest BCUT2D eigenvalue weighted by Gasteiger charge is -2.43. The summed E-state index contributed by atoms with van der Waals surface area (Å²) >= 11 is 0. The molecular weight excluding hydrogens is 502 g/mol. The molecule has 0 unspecified atom stereocenters. The Hall–Kier alpha value is -3.55. The van der Waals surface area contributed by atoms with E-state index < -0.39 is 5.54 Å². The molecule has 4 amide bonds. The standard InChI is InChI=1S/C32H45N5O3/c1-7-34(8-2)28(38)21-36-22-37(25-13-10-9-11-14-25)32(30(36)39)17-19-35(20-18-32)31(40)33-29-26(23(3)4)15-12-16-27(29)24(5)6/h9-16,23-24H,7-8,17-22H2,1-6H3,(H,33,40). The van der Waals surface area contributed by atoms with E-state index in [1.807, 2.05) is 49.1 Å². The molecule has 1 N–H and O–H groups in total. The molecule has 0 saturated carbocycles. The number of hydrogen-bond acceptors (Lipinski definition) is 4. The maximum atomic E-state index is 14.0. The average Bonchev–Trinajstić information content (AvgIpc) is 3.20. The van der Waals surface area contributed by atoms with Crippen molar-refractivity contribution >= 4 is 29.2 Å². The lowest BCUT2D eigenvalue weighted by Crippen LogP contribution is -2.58. The van der Waals surface area contributed by atoms with Crippen LogP contribution in [-0.2, 0) is 9.59 Å². The first-order valence-electron chi connectivity index (χ1n) is 14.7. The molecule has 0 atom stereocenters. The van der Waals surface area contributed by atoms with Crippen molar-refractivity contribution in [1.29, 1.82) is 0 Å². The Morgan fingerprint density at radius 3 is 2.00 bits per heavy atom. The summed E-state index contributed by atoms with van der Waals surface area (Å²) in [6.07, 6.45) is 1.01. The highest BCUT2D eigenvalue weighted by atomic mass is 16.2. The number of rotatable bonds is 8. The molecule has 216 valence electrons. The highest BCUT2D eigenvalue weighted by Gasteiger charge is 2.54. The Balaban J connectivity index is 1.54. The van der Waals surface area contributed by atoms with Gasteiger partial charge in [0.05, 0.1) is 6.67 Å². The number of carbonyl (C=O) groups is 3. The quantitative estimate of drug-likeness (QED) is 0.475. The van der Waals surface area contributed by atoms with E-state index in [0.717, 1.165) is 22.5 Å². The van der Waals surface area contributed by atoms with Crippen LogP contribution in [0.4, 0.5) is 16.2 Å². The molecule has 0 aliphatic carbocycles. The molecule has 4 rings (SSSR count). The Morgan fingerprint density at radius 1 is 0.900 bits per heavy atom. The van der Waals surface area contributed by atoms with Gasteiger partial charge in [0.25, 0.3) is 5.91 Å². The average molecular weight is 548 g/mol. The van der Waals surface area contributed by atoms with Crippen LogP contribution in [0.25, 0.3) is 0 Å². The predicted octanol–water partition coefficient (Wildman–Crippen LogP) is 5.47. The first-order chi connectivity index (χ1) is 19.1. The zero-order valence-corrected chi connectivity index (χ0v) is 24.9. The minimum Gasteiger partial charge on any atom is -0.342 e. The van der Waals surface area contributed by atoms with Gasteiger partial charge in [0, 0.05) is 37.6 Å². The van der Waals surface area contributed by atoms with E-state index in [1.54, 1.807) is 9.80 Å². The smallest absolute Gasteiger partial charge is 0.321 e. The number of amides is 4. The third-order valence-electron chi connectivity index (χ3n) is 8.51. The SMILES string of the molecule is CCN(CC)C(=O)CN1CN(c2ccccc2)C2(CCN(C(=O)Nc3c(C(C)C)cccc3C(C)C)CC2)C1=O. The Morgan fingerprint density at radius 2 is 1.48 bits per heavy atom. The summed E-state index contributed by atoms with van der Waals surface area (Å²) in [6.45, 7) is 15.0. The molecule has 2 aliphatic heterocycles. The summed E-state index contributed by atoms with van der Waals surface area (Å²) in [5, 5.41) is 3.23. The first-order valence-corrected chi connectivity index (χ1v) is 14.7. The molecule has 0 aromatic heterocycles. The van der Waals surface area contributed by atoms with Gasteiger partial charge in [-0.25, -0.2) is 4.79 Å². The number of piperidine rings is 1. The van der Waals surface area contributed by atoms with E-state index in [4.69, 9.17) is 0 Å². The second-order valence-electron chi connectivity index (χ2n) is 11.5. The first kappa shape index (κ1) is 29.4. The number of likely N-dealkylation sites (tertiary alicyclic amines) is 1. The number of likely N-dealkylation sites (N-methyl/N-ethyl adjacent to an activating group) is 1.